The maximum Gasteiger partial charge on any atom is 0.318 e. The third-order valence-electron chi connectivity index (χ3n) is 3.76. The molecule has 0 bridgehead atoms. The molecule has 0 aliphatic carbocycles. The van der Waals surface area contributed by atoms with Crippen LogP contribution < -0.4 is 5.32 Å². The van der Waals surface area contributed by atoms with Crippen LogP contribution in [0.2, 0.25) is 0 Å². The number of aryl methyl sites for hydroxylation is 1. The van der Waals surface area contributed by atoms with E-state index in [-0.39, 0.29) is 6.03 Å². The van der Waals surface area contributed by atoms with Crippen LogP contribution in [-0.2, 0) is 13.6 Å². The van der Waals surface area contributed by atoms with E-state index < -0.39 is 0 Å². The largest absolute Gasteiger partial charge is 0.336 e. The predicted octanol–water partition coefficient (Wildman–Crippen LogP) is 0.656. The molecule has 2 heterocycles. The van der Waals surface area contributed by atoms with Crippen LogP contribution in [0, 0.1) is 0 Å². The number of likely N-dealkylation sites (N-methyl/N-ethyl adjacent to an activating group) is 1. The molecule has 1 fully saturated rings. The Morgan fingerprint density at radius 1 is 1.47 bits per heavy atom. The minimum atomic E-state index is 0.0288. The number of hydrogen-bond acceptors (Lipinski definition) is 3. The lowest BCUT2D eigenvalue weighted by atomic mass is 10.1. The van der Waals surface area contributed by atoms with Gasteiger partial charge in [0.1, 0.15) is 0 Å². The van der Waals surface area contributed by atoms with Crippen molar-refractivity contribution in [3.63, 3.8) is 0 Å². The molecule has 2 rings (SSSR count). The van der Waals surface area contributed by atoms with Crippen molar-refractivity contribution in [1.82, 2.24) is 24.7 Å². The number of imidazole rings is 1. The normalized spacial score (nSPS) is 20.6. The molecule has 6 heteroatoms. The average molecular weight is 265 g/mol. The van der Waals surface area contributed by atoms with E-state index in [4.69, 9.17) is 0 Å². The van der Waals surface area contributed by atoms with Gasteiger partial charge in [-0.1, -0.05) is 6.92 Å². The lowest BCUT2D eigenvalue weighted by Crippen LogP contribution is -2.56. The molecule has 2 amide bonds. The van der Waals surface area contributed by atoms with Crippen molar-refractivity contribution in [2.24, 2.45) is 7.05 Å². The van der Waals surface area contributed by atoms with Crippen LogP contribution >= 0.6 is 0 Å². The summed E-state index contributed by atoms with van der Waals surface area (Å²) >= 11 is 0. The van der Waals surface area contributed by atoms with Gasteiger partial charge in [0.25, 0.3) is 0 Å². The Kier molecular flexibility index (Phi) is 4.42. The van der Waals surface area contributed by atoms with Gasteiger partial charge >= 0.3 is 6.03 Å². The summed E-state index contributed by atoms with van der Waals surface area (Å²) in [5.41, 5.74) is 1.01. The monoisotopic (exact) mass is 265 g/mol. The van der Waals surface area contributed by atoms with Gasteiger partial charge in [0.15, 0.2) is 0 Å². The van der Waals surface area contributed by atoms with Gasteiger partial charge < -0.3 is 19.7 Å². The van der Waals surface area contributed by atoms with Gasteiger partial charge in [-0.3, -0.25) is 0 Å². The fourth-order valence-electron chi connectivity index (χ4n) is 2.45. The molecule has 1 atom stereocenters. The number of carbonyl (C=O) groups excluding carboxylic acids is 1. The summed E-state index contributed by atoms with van der Waals surface area (Å²) in [5.74, 6) is 0. The second-order valence-corrected chi connectivity index (χ2v) is 5.17. The lowest BCUT2D eigenvalue weighted by molar-refractivity contribution is 0.106. The Hall–Kier alpha value is -1.56. The second kappa shape index (κ2) is 6.06. The van der Waals surface area contributed by atoms with Crippen LogP contribution in [0.15, 0.2) is 12.5 Å². The van der Waals surface area contributed by atoms with E-state index in [1.165, 1.54) is 0 Å². The molecule has 1 N–H and O–H groups in total. The van der Waals surface area contributed by atoms with E-state index in [0.717, 1.165) is 31.7 Å². The van der Waals surface area contributed by atoms with Crippen molar-refractivity contribution >= 4 is 6.03 Å². The zero-order valence-electron chi connectivity index (χ0n) is 12.0. The van der Waals surface area contributed by atoms with Gasteiger partial charge in [0, 0.05) is 38.9 Å². The fraction of sp³-hybridized carbons (Fsp3) is 0.692. The summed E-state index contributed by atoms with van der Waals surface area (Å²) in [7, 11) is 4.03. The molecule has 0 saturated carbocycles. The molecule has 0 radical (unpaired) electrons. The van der Waals surface area contributed by atoms with Crippen molar-refractivity contribution in [2.75, 3.05) is 26.7 Å². The number of piperazine rings is 1. The second-order valence-electron chi connectivity index (χ2n) is 5.17. The summed E-state index contributed by atoms with van der Waals surface area (Å²) in [6.45, 7) is 5.35. The standard InChI is InChI=1S/C13H23N5O/c1-4-11-9-16(2)5-6-18(11)13(19)15-8-12-7-14-10-17(12)3/h7,10-11H,4-6,8-9H2,1-3H3,(H,15,19). The minimum absolute atomic E-state index is 0.0288. The Labute approximate surface area is 114 Å². The number of amides is 2. The van der Waals surface area contributed by atoms with Crippen molar-refractivity contribution in [3.8, 4) is 0 Å². The summed E-state index contributed by atoms with van der Waals surface area (Å²) in [4.78, 5) is 20.5. The Morgan fingerprint density at radius 2 is 2.26 bits per heavy atom. The van der Waals surface area contributed by atoms with Crippen LogP contribution in [-0.4, -0.2) is 58.1 Å². The first-order valence-corrected chi connectivity index (χ1v) is 6.80. The highest BCUT2D eigenvalue weighted by Gasteiger charge is 2.27. The summed E-state index contributed by atoms with van der Waals surface area (Å²) in [6, 6.07) is 0.339. The van der Waals surface area contributed by atoms with Crippen molar-refractivity contribution < 1.29 is 4.79 Å². The fourth-order valence-corrected chi connectivity index (χ4v) is 2.45. The third-order valence-corrected chi connectivity index (χ3v) is 3.76. The van der Waals surface area contributed by atoms with Crippen molar-refractivity contribution in [1.29, 1.82) is 0 Å². The van der Waals surface area contributed by atoms with Gasteiger partial charge in [0.2, 0.25) is 0 Å². The number of hydrogen-bond donors (Lipinski definition) is 1. The van der Waals surface area contributed by atoms with E-state index in [9.17, 15) is 4.79 Å². The Morgan fingerprint density at radius 3 is 2.89 bits per heavy atom. The highest BCUT2D eigenvalue weighted by atomic mass is 16.2. The smallest absolute Gasteiger partial charge is 0.318 e. The predicted molar refractivity (Wildman–Crippen MR) is 73.7 cm³/mol. The first-order valence-electron chi connectivity index (χ1n) is 6.80. The number of urea groups is 1. The van der Waals surface area contributed by atoms with Crippen molar-refractivity contribution in [2.45, 2.75) is 25.9 Å². The molecule has 19 heavy (non-hydrogen) atoms. The highest BCUT2D eigenvalue weighted by Crippen LogP contribution is 2.11. The molecule has 106 valence electrons. The first kappa shape index (κ1) is 13.9. The molecular weight excluding hydrogens is 242 g/mol. The van der Waals surface area contributed by atoms with E-state index in [0.29, 0.717) is 12.6 Å². The number of carbonyl (C=O) groups is 1. The van der Waals surface area contributed by atoms with E-state index >= 15 is 0 Å². The van der Waals surface area contributed by atoms with Gasteiger partial charge in [0.05, 0.1) is 18.6 Å². The van der Waals surface area contributed by atoms with E-state index in [1.54, 1.807) is 12.5 Å². The highest BCUT2D eigenvalue weighted by molar-refractivity contribution is 5.74. The molecule has 1 saturated heterocycles. The summed E-state index contributed by atoms with van der Waals surface area (Å²) in [5, 5.41) is 2.98. The van der Waals surface area contributed by atoms with Crippen LogP contribution in [0.5, 0.6) is 0 Å². The van der Waals surface area contributed by atoms with Crippen LogP contribution in [0.4, 0.5) is 4.79 Å². The molecule has 1 aromatic heterocycles. The van der Waals surface area contributed by atoms with Crippen LogP contribution in [0.3, 0.4) is 0 Å². The average Bonchev–Trinajstić information content (AvgIpc) is 2.81. The van der Waals surface area contributed by atoms with Gasteiger partial charge in [-0.15, -0.1) is 0 Å². The zero-order chi connectivity index (χ0) is 13.8. The summed E-state index contributed by atoms with van der Waals surface area (Å²) < 4.78 is 1.92. The number of nitrogens with one attached hydrogen (secondary N) is 1. The molecular formula is C13H23N5O. The molecule has 1 aliphatic rings. The molecule has 0 aromatic carbocycles. The Bertz CT molecular complexity index is 430. The Balaban J connectivity index is 1.90. The van der Waals surface area contributed by atoms with Gasteiger partial charge in [-0.2, -0.15) is 0 Å². The third kappa shape index (κ3) is 3.26. The lowest BCUT2D eigenvalue weighted by Gasteiger charge is -2.39. The molecule has 1 unspecified atom stereocenters. The SMILES string of the molecule is CCC1CN(C)CCN1C(=O)NCc1cncn1C. The molecule has 1 aromatic rings. The quantitative estimate of drug-likeness (QED) is 0.873. The van der Waals surface area contributed by atoms with E-state index in [2.05, 4.69) is 29.2 Å². The van der Waals surface area contributed by atoms with Crippen LogP contribution in [0.1, 0.15) is 19.0 Å². The number of nitrogens with zero attached hydrogens (tertiary/aromatic N) is 4. The van der Waals surface area contributed by atoms with Crippen molar-refractivity contribution in [3.05, 3.63) is 18.2 Å². The number of rotatable bonds is 3. The number of aromatic nitrogens is 2. The molecule has 6 nitrogen and oxygen atoms in total. The topological polar surface area (TPSA) is 53.4 Å². The molecule has 0 spiro atoms. The maximum atomic E-state index is 12.2. The summed E-state index contributed by atoms with van der Waals surface area (Å²) in [6.07, 6.45) is 4.51. The van der Waals surface area contributed by atoms with E-state index in [1.807, 2.05) is 16.5 Å². The van der Waals surface area contributed by atoms with Gasteiger partial charge in [-0.05, 0) is 13.5 Å². The maximum absolute atomic E-state index is 12.2. The minimum Gasteiger partial charge on any atom is -0.336 e. The first-order chi connectivity index (χ1) is 9.11. The van der Waals surface area contributed by atoms with Crippen LogP contribution in [0.25, 0.3) is 0 Å². The zero-order valence-corrected chi connectivity index (χ0v) is 12.0. The molecule has 1 aliphatic heterocycles. The van der Waals surface area contributed by atoms with Gasteiger partial charge in [-0.25, -0.2) is 9.78 Å².